The number of aromatic nitrogens is 2. The lowest BCUT2D eigenvalue weighted by molar-refractivity contribution is 0.662. The van der Waals surface area contributed by atoms with Crippen molar-refractivity contribution in [3.8, 4) is 6.07 Å². The maximum absolute atomic E-state index is 8.24. The van der Waals surface area contributed by atoms with Gasteiger partial charge in [-0.15, -0.1) is 0 Å². The largest absolute Gasteiger partial charge is 0.356 e. The second kappa shape index (κ2) is 3.62. The Labute approximate surface area is 65.4 Å². The Morgan fingerprint density at radius 2 is 2.64 bits per heavy atom. The van der Waals surface area contributed by atoms with Crippen LogP contribution in [0.4, 0.5) is 5.82 Å². The number of aryl methyl sites for hydroxylation is 1. The smallest absolute Gasteiger partial charge is 0.148 e. The van der Waals surface area contributed by atoms with Gasteiger partial charge in [0.05, 0.1) is 6.07 Å². The van der Waals surface area contributed by atoms with Crippen molar-refractivity contribution in [3.05, 3.63) is 12.3 Å². The Morgan fingerprint density at radius 3 is 3.18 bits per heavy atom. The number of nitrogens with zero attached hydrogens (tertiary/aromatic N) is 3. The van der Waals surface area contributed by atoms with E-state index in [2.05, 4.69) is 10.4 Å². The van der Waals surface area contributed by atoms with Crippen LogP contribution in [0.1, 0.15) is 6.92 Å². The fourth-order valence-electron chi connectivity index (χ4n) is 0.762. The number of nitriles is 1. The molecule has 0 saturated heterocycles. The zero-order chi connectivity index (χ0) is 8.10. The Balaban J connectivity index is 2.53. The highest BCUT2D eigenvalue weighted by Crippen LogP contribution is 2.00. The first-order valence-electron chi connectivity index (χ1n) is 3.51. The molecule has 0 spiro atoms. The van der Waals surface area contributed by atoms with Gasteiger partial charge in [-0.1, -0.05) is 0 Å². The van der Waals surface area contributed by atoms with Crippen molar-refractivity contribution in [1.82, 2.24) is 9.78 Å². The molecule has 0 fully saturated rings. The highest BCUT2D eigenvalue weighted by atomic mass is 15.3. The summed E-state index contributed by atoms with van der Waals surface area (Å²) >= 11 is 0. The fraction of sp³-hybridized carbons (Fsp3) is 0.429. The minimum atomic E-state index is 0.306. The molecule has 1 heterocycles. The van der Waals surface area contributed by atoms with E-state index < -0.39 is 0 Å². The summed E-state index contributed by atoms with van der Waals surface area (Å²) in [5.41, 5.74) is 0. The van der Waals surface area contributed by atoms with E-state index in [1.165, 1.54) is 0 Å². The topological polar surface area (TPSA) is 53.6 Å². The molecule has 4 nitrogen and oxygen atoms in total. The minimum Gasteiger partial charge on any atom is -0.356 e. The van der Waals surface area contributed by atoms with Crippen molar-refractivity contribution in [2.75, 3.05) is 11.9 Å². The number of hydrogen-bond acceptors (Lipinski definition) is 3. The lowest BCUT2D eigenvalue weighted by atomic mass is 10.6. The van der Waals surface area contributed by atoms with Crippen molar-refractivity contribution in [1.29, 1.82) is 5.26 Å². The van der Waals surface area contributed by atoms with Crippen LogP contribution >= 0.6 is 0 Å². The molecule has 0 radical (unpaired) electrons. The van der Waals surface area contributed by atoms with Crippen LogP contribution in [0.5, 0.6) is 0 Å². The molecular formula is C7H10N4. The predicted molar refractivity (Wildman–Crippen MR) is 42.0 cm³/mol. The molecule has 0 aliphatic rings. The molecule has 1 aromatic rings. The lowest BCUT2D eigenvalue weighted by Crippen LogP contribution is -2.00. The Kier molecular flexibility index (Phi) is 2.50. The summed E-state index contributed by atoms with van der Waals surface area (Å²) in [5, 5.41) is 15.2. The van der Waals surface area contributed by atoms with Gasteiger partial charge in [-0.2, -0.15) is 10.4 Å². The van der Waals surface area contributed by atoms with Gasteiger partial charge in [0.1, 0.15) is 12.4 Å². The van der Waals surface area contributed by atoms with Crippen LogP contribution in [0, 0.1) is 11.3 Å². The molecule has 0 atom stereocenters. The van der Waals surface area contributed by atoms with E-state index in [9.17, 15) is 0 Å². The second-order valence-electron chi connectivity index (χ2n) is 2.07. The van der Waals surface area contributed by atoms with Gasteiger partial charge < -0.3 is 5.32 Å². The molecule has 0 unspecified atom stereocenters. The zero-order valence-electron chi connectivity index (χ0n) is 6.41. The molecule has 0 aromatic carbocycles. The van der Waals surface area contributed by atoms with E-state index >= 15 is 0 Å². The van der Waals surface area contributed by atoms with Crippen LogP contribution in [-0.2, 0) is 6.54 Å². The molecule has 1 rings (SSSR count). The molecule has 58 valence electrons. The van der Waals surface area contributed by atoms with E-state index in [4.69, 9.17) is 5.26 Å². The Morgan fingerprint density at radius 1 is 1.82 bits per heavy atom. The first kappa shape index (κ1) is 7.61. The number of hydrogen-bond donors (Lipinski definition) is 1. The van der Waals surface area contributed by atoms with Gasteiger partial charge in [0.25, 0.3) is 0 Å². The van der Waals surface area contributed by atoms with Gasteiger partial charge in [0, 0.05) is 18.8 Å². The van der Waals surface area contributed by atoms with Crippen molar-refractivity contribution >= 4 is 5.82 Å². The molecule has 0 saturated carbocycles. The molecule has 1 aromatic heterocycles. The summed E-state index contributed by atoms with van der Waals surface area (Å²) in [7, 11) is 0. The van der Waals surface area contributed by atoms with Gasteiger partial charge in [0.2, 0.25) is 0 Å². The standard InChI is InChI=1S/C7H10N4/c1-2-11-6-3-7(10-11)9-5-4-8/h3,6H,2,5H2,1H3,(H,9,10). The van der Waals surface area contributed by atoms with Crippen LogP contribution in [0.3, 0.4) is 0 Å². The second-order valence-corrected chi connectivity index (χ2v) is 2.07. The molecule has 0 bridgehead atoms. The first-order chi connectivity index (χ1) is 5.36. The fourth-order valence-corrected chi connectivity index (χ4v) is 0.762. The van der Waals surface area contributed by atoms with Gasteiger partial charge in [0.15, 0.2) is 0 Å². The molecule has 0 aliphatic carbocycles. The summed E-state index contributed by atoms with van der Waals surface area (Å²) < 4.78 is 1.81. The predicted octanol–water partition coefficient (Wildman–Crippen LogP) is 0.838. The normalized spacial score (nSPS) is 9.09. The van der Waals surface area contributed by atoms with Gasteiger partial charge in [-0.3, -0.25) is 4.68 Å². The average Bonchev–Trinajstić information content (AvgIpc) is 2.48. The Hall–Kier alpha value is -1.50. The third-order valence-corrected chi connectivity index (χ3v) is 1.31. The average molecular weight is 150 g/mol. The third kappa shape index (κ3) is 1.97. The van der Waals surface area contributed by atoms with Crippen molar-refractivity contribution < 1.29 is 0 Å². The number of nitrogens with one attached hydrogen (secondary N) is 1. The van der Waals surface area contributed by atoms with Crippen molar-refractivity contribution in [2.45, 2.75) is 13.5 Å². The van der Waals surface area contributed by atoms with Gasteiger partial charge in [-0.05, 0) is 6.92 Å². The molecule has 4 heteroatoms. The third-order valence-electron chi connectivity index (χ3n) is 1.31. The van der Waals surface area contributed by atoms with E-state index in [1.807, 2.05) is 25.3 Å². The quantitative estimate of drug-likeness (QED) is 0.649. The zero-order valence-corrected chi connectivity index (χ0v) is 6.41. The molecule has 1 N–H and O–H groups in total. The molecule has 11 heavy (non-hydrogen) atoms. The van der Waals surface area contributed by atoms with Crippen LogP contribution < -0.4 is 5.32 Å². The minimum absolute atomic E-state index is 0.306. The highest BCUT2D eigenvalue weighted by Gasteiger charge is 1.93. The lowest BCUT2D eigenvalue weighted by Gasteiger charge is -1.94. The number of rotatable bonds is 3. The van der Waals surface area contributed by atoms with Crippen molar-refractivity contribution in [2.24, 2.45) is 0 Å². The van der Waals surface area contributed by atoms with Crippen LogP contribution in [0.2, 0.25) is 0 Å². The van der Waals surface area contributed by atoms with E-state index in [0.717, 1.165) is 12.4 Å². The SMILES string of the molecule is CCn1ccc(NCC#N)n1. The van der Waals surface area contributed by atoms with Gasteiger partial charge >= 0.3 is 0 Å². The van der Waals surface area contributed by atoms with Crippen molar-refractivity contribution in [3.63, 3.8) is 0 Å². The van der Waals surface area contributed by atoms with E-state index in [-0.39, 0.29) is 0 Å². The Bertz CT molecular complexity index is 258. The van der Waals surface area contributed by atoms with Crippen LogP contribution in [0.15, 0.2) is 12.3 Å². The maximum Gasteiger partial charge on any atom is 0.148 e. The highest BCUT2D eigenvalue weighted by molar-refractivity contribution is 5.33. The van der Waals surface area contributed by atoms with Crippen LogP contribution in [-0.4, -0.2) is 16.3 Å². The van der Waals surface area contributed by atoms with E-state index in [0.29, 0.717) is 6.54 Å². The summed E-state index contributed by atoms with van der Waals surface area (Å²) in [6, 6.07) is 3.83. The summed E-state index contributed by atoms with van der Waals surface area (Å²) in [4.78, 5) is 0. The van der Waals surface area contributed by atoms with Crippen LogP contribution in [0.25, 0.3) is 0 Å². The molecular weight excluding hydrogens is 140 g/mol. The summed E-state index contributed by atoms with van der Waals surface area (Å²) in [5.74, 6) is 0.758. The summed E-state index contributed by atoms with van der Waals surface area (Å²) in [6.45, 7) is 3.18. The summed E-state index contributed by atoms with van der Waals surface area (Å²) in [6.07, 6.45) is 1.87. The van der Waals surface area contributed by atoms with Gasteiger partial charge in [-0.25, -0.2) is 0 Å². The maximum atomic E-state index is 8.24. The number of anilines is 1. The molecule has 0 amide bonds. The van der Waals surface area contributed by atoms with E-state index in [1.54, 1.807) is 4.68 Å². The monoisotopic (exact) mass is 150 g/mol. The molecule has 0 aliphatic heterocycles. The first-order valence-corrected chi connectivity index (χ1v) is 3.51.